The molecule has 3 aromatic carbocycles. The second kappa shape index (κ2) is 18.8. The number of aromatic nitrogens is 2. The van der Waals surface area contributed by atoms with Crippen LogP contribution in [0.15, 0.2) is 83.8 Å². The zero-order valence-electron chi connectivity index (χ0n) is 34.5. The summed E-state index contributed by atoms with van der Waals surface area (Å²) < 4.78 is 20.3. The van der Waals surface area contributed by atoms with E-state index in [0.717, 1.165) is 39.8 Å². The Kier molecular flexibility index (Phi) is 14.7. The van der Waals surface area contributed by atoms with Crippen molar-refractivity contribution in [1.82, 2.24) is 9.55 Å². The SMILES string of the molecule is CCC[CH2][Sn]([CH2]CCC)([CH2]CCC)[c]1ccc(Cn2c(CC(C)(C)C(=O)OC)c(SC(C)(C)C)c3cc(OCc4ccc5ccccc5n4)ccc32)cc1. The fraction of sp³-hybridized carbons (Fsp3) is 0.489. The molecule has 0 unspecified atom stereocenters. The van der Waals surface area contributed by atoms with Crippen LogP contribution < -0.4 is 8.32 Å². The molecule has 0 bridgehead atoms. The van der Waals surface area contributed by atoms with Crippen molar-refractivity contribution in [1.29, 1.82) is 0 Å². The molecule has 2 aromatic heterocycles. The number of hydrogen-bond donors (Lipinski definition) is 0. The van der Waals surface area contributed by atoms with Gasteiger partial charge >= 0.3 is 278 Å². The van der Waals surface area contributed by atoms with Crippen LogP contribution in [0.1, 0.15) is 111 Å². The maximum absolute atomic E-state index is 13.2. The van der Waals surface area contributed by atoms with E-state index in [1.807, 2.05) is 49.9 Å². The van der Waals surface area contributed by atoms with Crippen molar-refractivity contribution in [2.75, 3.05) is 7.11 Å². The molecule has 0 saturated heterocycles. The zero-order chi connectivity index (χ0) is 38.9. The first-order chi connectivity index (χ1) is 25.8. The average molecular weight is 856 g/mol. The van der Waals surface area contributed by atoms with Crippen molar-refractivity contribution in [3.05, 3.63) is 95.8 Å². The number of pyridine rings is 1. The van der Waals surface area contributed by atoms with Gasteiger partial charge in [0, 0.05) is 5.39 Å². The molecule has 0 aliphatic heterocycles. The number of benzene rings is 3. The van der Waals surface area contributed by atoms with Crippen molar-refractivity contribution in [2.24, 2.45) is 5.41 Å². The van der Waals surface area contributed by atoms with Crippen molar-refractivity contribution in [3.8, 4) is 5.75 Å². The van der Waals surface area contributed by atoms with E-state index < -0.39 is 23.8 Å². The monoisotopic (exact) mass is 856 g/mol. The van der Waals surface area contributed by atoms with E-state index >= 15 is 0 Å². The first-order valence-electron chi connectivity index (χ1n) is 20.3. The Labute approximate surface area is 333 Å². The van der Waals surface area contributed by atoms with Gasteiger partial charge in [0.15, 0.2) is 0 Å². The molecule has 0 aliphatic carbocycles. The molecule has 0 aliphatic rings. The molecule has 0 spiro atoms. The third-order valence-corrected chi connectivity index (χ3v) is 27.8. The van der Waals surface area contributed by atoms with Crippen LogP contribution in [0.2, 0.25) is 13.3 Å². The van der Waals surface area contributed by atoms with E-state index in [1.54, 1.807) is 3.58 Å². The molecule has 0 N–H and O–H groups in total. The van der Waals surface area contributed by atoms with Crippen LogP contribution in [-0.4, -0.2) is 45.8 Å². The predicted octanol–water partition coefficient (Wildman–Crippen LogP) is 12.5. The minimum atomic E-state index is -2.55. The molecule has 0 radical (unpaired) electrons. The van der Waals surface area contributed by atoms with E-state index in [1.165, 1.54) is 75.1 Å². The predicted molar refractivity (Wildman–Crippen MR) is 233 cm³/mol. The molecule has 54 heavy (non-hydrogen) atoms. The van der Waals surface area contributed by atoms with Crippen LogP contribution in [0.4, 0.5) is 0 Å². The van der Waals surface area contributed by atoms with Crippen LogP contribution in [0.25, 0.3) is 21.8 Å². The summed E-state index contributed by atoms with van der Waals surface area (Å²) in [5.41, 5.74) is 4.78. The third kappa shape index (κ3) is 10.5. The number of methoxy groups -OCH3 is 1. The van der Waals surface area contributed by atoms with Gasteiger partial charge in [-0.2, -0.15) is 0 Å². The zero-order valence-corrected chi connectivity index (χ0v) is 38.2. The second-order valence-electron chi connectivity index (χ2n) is 16.9. The Morgan fingerprint density at radius 3 is 2.07 bits per heavy atom. The summed E-state index contributed by atoms with van der Waals surface area (Å²) in [5.74, 6) is 0.612. The molecule has 5 aromatic rings. The maximum atomic E-state index is 13.2. The third-order valence-electron chi connectivity index (χ3n) is 10.8. The van der Waals surface area contributed by atoms with Gasteiger partial charge in [0.05, 0.1) is 11.2 Å². The van der Waals surface area contributed by atoms with Crippen LogP contribution in [0.5, 0.6) is 5.75 Å². The second-order valence-corrected chi connectivity index (χ2v) is 32.0. The Balaban J connectivity index is 1.57. The number of carbonyl (C=O) groups is 1. The molecule has 2 heterocycles. The molecule has 0 saturated carbocycles. The van der Waals surface area contributed by atoms with Crippen molar-refractivity contribution in [2.45, 2.75) is 136 Å². The van der Waals surface area contributed by atoms with Crippen LogP contribution >= 0.6 is 11.8 Å². The van der Waals surface area contributed by atoms with Gasteiger partial charge in [0.1, 0.15) is 0 Å². The molecular formula is C47H64N2O3SSn. The average Bonchev–Trinajstić information content (AvgIpc) is 3.42. The van der Waals surface area contributed by atoms with E-state index in [9.17, 15) is 4.79 Å². The van der Waals surface area contributed by atoms with E-state index in [2.05, 4.69) is 101 Å². The number of hydrogen-bond acceptors (Lipinski definition) is 5. The topological polar surface area (TPSA) is 53.4 Å². The van der Waals surface area contributed by atoms with Gasteiger partial charge in [-0.3, -0.25) is 0 Å². The number of esters is 1. The number of nitrogens with zero attached hydrogens (tertiary/aromatic N) is 2. The molecule has 290 valence electrons. The van der Waals surface area contributed by atoms with Crippen molar-refractivity contribution >= 4 is 61.5 Å². The van der Waals surface area contributed by atoms with Crippen molar-refractivity contribution in [3.63, 3.8) is 0 Å². The Morgan fingerprint density at radius 1 is 0.815 bits per heavy atom. The summed E-state index contributed by atoms with van der Waals surface area (Å²) >= 11 is -0.686. The minimum absolute atomic E-state index is 0.0530. The normalized spacial score (nSPS) is 12.5. The van der Waals surface area contributed by atoms with Gasteiger partial charge in [0.25, 0.3) is 0 Å². The fourth-order valence-corrected chi connectivity index (χ4v) is 24.9. The standard InChI is InChI=1S/C35H37N2O3S.3C4H9.Sn/c1-34(2,3)41-32-28-20-27(40-23-26-17-16-25-14-10-11-15-29(25)36-26)18-19-30(28)37(22-24-12-8-7-9-13-24)31(32)21-35(4,5)33(38)39-6;3*1-3-4-2;/h8-20H,21-23H2,1-6H3;3*1,3-4H2,2H3;. The summed E-state index contributed by atoms with van der Waals surface area (Å²) in [6, 6.07) is 28.7. The number of unbranched alkanes of at least 4 members (excludes halogenated alkanes) is 3. The first kappa shape index (κ1) is 42.2. The Bertz CT molecular complexity index is 1970. The molecule has 0 atom stereocenters. The summed E-state index contributed by atoms with van der Waals surface area (Å²) in [5, 5.41) is 2.27. The summed E-state index contributed by atoms with van der Waals surface area (Å²) in [4.78, 5) is 19.2. The Hall–Kier alpha value is -2.97. The number of thioether (sulfide) groups is 1. The van der Waals surface area contributed by atoms with E-state index in [4.69, 9.17) is 14.5 Å². The van der Waals surface area contributed by atoms with Gasteiger partial charge in [-0.1, -0.05) is 24.3 Å². The van der Waals surface area contributed by atoms with E-state index in [0.29, 0.717) is 13.0 Å². The van der Waals surface area contributed by atoms with Crippen LogP contribution in [-0.2, 0) is 29.1 Å². The summed E-state index contributed by atoms with van der Waals surface area (Å²) in [6.07, 6.45) is 8.48. The number of para-hydroxylation sites is 1. The Morgan fingerprint density at radius 2 is 1.46 bits per heavy atom. The van der Waals surface area contributed by atoms with Crippen LogP contribution in [0.3, 0.4) is 0 Å². The quantitative estimate of drug-likeness (QED) is 0.0470. The van der Waals surface area contributed by atoms with Crippen LogP contribution in [0, 0.1) is 5.41 Å². The van der Waals surface area contributed by atoms with Gasteiger partial charge in [-0.15, -0.1) is 0 Å². The van der Waals surface area contributed by atoms with E-state index in [-0.39, 0.29) is 10.7 Å². The van der Waals surface area contributed by atoms with Gasteiger partial charge < -0.3 is 0 Å². The molecule has 7 heteroatoms. The molecular weight excluding hydrogens is 791 g/mol. The number of carbonyl (C=O) groups excluding carboxylic acids is 1. The number of rotatable bonds is 19. The van der Waals surface area contributed by atoms with Gasteiger partial charge in [-0.25, -0.2) is 4.98 Å². The number of fused-ring (bicyclic) bond motifs is 2. The molecule has 5 nitrogen and oxygen atoms in total. The summed E-state index contributed by atoms with van der Waals surface area (Å²) in [6.45, 7) is 18.9. The van der Waals surface area contributed by atoms with Crippen molar-refractivity contribution < 1.29 is 14.3 Å². The van der Waals surface area contributed by atoms with Gasteiger partial charge in [0.2, 0.25) is 0 Å². The molecule has 0 amide bonds. The molecule has 0 fully saturated rings. The fourth-order valence-electron chi connectivity index (χ4n) is 7.83. The molecule has 5 rings (SSSR count). The number of ether oxygens (including phenoxy) is 2. The first-order valence-corrected chi connectivity index (χ1v) is 28.6. The van der Waals surface area contributed by atoms with Gasteiger partial charge in [-0.05, 0) is 12.1 Å². The summed E-state index contributed by atoms with van der Waals surface area (Å²) in [7, 11) is 1.49.